The SMILES string of the molecule is COC(=O)c1ccc(CN2C(=O)N/C(=C\c3cc(Cl)c(OCc4ccc([N+](=O)[O-])cc4)c(Cl)c3)C2=O)o1. The molecule has 0 aliphatic carbocycles. The summed E-state index contributed by atoms with van der Waals surface area (Å²) in [5.41, 5.74) is 1.03. The molecule has 0 radical (unpaired) electrons. The maximum atomic E-state index is 12.8. The molecule has 3 amide bonds. The van der Waals surface area contributed by atoms with Crippen LogP contribution in [0.5, 0.6) is 5.75 Å². The molecule has 0 bridgehead atoms. The topological polar surface area (TPSA) is 141 Å². The van der Waals surface area contributed by atoms with Crippen molar-refractivity contribution in [2.45, 2.75) is 13.2 Å². The number of nitro groups is 1. The Morgan fingerprint density at radius 3 is 2.43 bits per heavy atom. The number of esters is 1. The number of nitrogens with one attached hydrogen (secondary N) is 1. The van der Waals surface area contributed by atoms with Crippen molar-refractivity contribution in [1.29, 1.82) is 0 Å². The van der Waals surface area contributed by atoms with Crippen molar-refractivity contribution in [2.24, 2.45) is 0 Å². The van der Waals surface area contributed by atoms with Crippen molar-refractivity contribution in [3.63, 3.8) is 0 Å². The number of halogens is 2. The molecule has 190 valence electrons. The first-order valence-electron chi connectivity index (χ1n) is 10.5. The molecular weight excluding hydrogens is 529 g/mol. The third kappa shape index (κ3) is 5.74. The van der Waals surface area contributed by atoms with Gasteiger partial charge in [-0.25, -0.2) is 9.59 Å². The van der Waals surface area contributed by atoms with E-state index in [0.29, 0.717) is 11.1 Å². The molecule has 37 heavy (non-hydrogen) atoms. The van der Waals surface area contributed by atoms with Gasteiger partial charge in [0.2, 0.25) is 5.76 Å². The van der Waals surface area contributed by atoms with Crippen molar-refractivity contribution in [1.82, 2.24) is 10.2 Å². The van der Waals surface area contributed by atoms with Gasteiger partial charge >= 0.3 is 12.0 Å². The molecule has 13 heteroatoms. The molecule has 4 rings (SSSR count). The fraction of sp³-hybridized carbons (Fsp3) is 0.125. The van der Waals surface area contributed by atoms with Crippen LogP contribution in [0.25, 0.3) is 6.08 Å². The summed E-state index contributed by atoms with van der Waals surface area (Å²) in [5, 5.41) is 13.6. The average molecular weight is 546 g/mol. The van der Waals surface area contributed by atoms with E-state index in [1.54, 1.807) is 12.1 Å². The van der Waals surface area contributed by atoms with E-state index in [1.807, 2.05) is 0 Å². The summed E-state index contributed by atoms with van der Waals surface area (Å²) in [6.45, 7) is -0.137. The summed E-state index contributed by atoms with van der Waals surface area (Å²) in [5.74, 6) is -0.956. The van der Waals surface area contributed by atoms with Crippen LogP contribution >= 0.6 is 23.2 Å². The number of non-ortho nitro benzene ring substituents is 1. The molecule has 1 aliphatic heterocycles. The molecule has 1 N–H and O–H groups in total. The monoisotopic (exact) mass is 545 g/mol. The Labute approximate surface area is 219 Å². The number of rotatable bonds is 8. The molecule has 0 atom stereocenters. The highest BCUT2D eigenvalue weighted by atomic mass is 35.5. The van der Waals surface area contributed by atoms with Gasteiger partial charge in [-0.3, -0.25) is 19.8 Å². The quantitative estimate of drug-likeness (QED) is 0.138. The maximum absolute atomic E-state index is 12.8. The van der Waals surface area contributed by atoms with Gasteiger partial charge in [0, 0.05) is 12.1 Å². The number of nitrogens with zero attached hydrogens (tertiary/aromatic N) is 2. The standard InChI is InChI=1S/C24H17Cl2N3O8/c1-35-23(31)20-7-6-16(37-20)11-28-22(30)19(27-24(28)32)10-14-8-17(25)21(18(26)9-14)36-12-13-2-4-15(5-3-13)29(33)34/h2-10H,11-12H2,1H3,(H,27,32)/b19-10-. The smallest absolute Gasteiger partial charge is 0.373 e. The van der Waals surface area contributed by atoms with Gasteiger partial charge in [-0.2, -0.15) is 0 Å². The highest BCUT2D eigenvalue weighted by Gasteiger charge is 2.34. The van der Waals surface area contributed by atoms with Crippen molar-refractivity contribution in [3.8, 4) is 5.75 Å². The van der Waals surface area contributed by atoms with E-state index in [1.165, 1.54) is 49.6 Å². The summed E-state index contributed by atoms with van der Waals surface area (Å²) in [6, 6.07) is 11.0. The second-order valence-electron chi connectivity index (χ2n) is 7.66. The number of imide groups is 1. The largest absolute Gasteiger partial charge is 0.486 e. The Morgan fingerprint density at radius 2 is 1.81 bits per heavy atom. The number of hydrogen-bond donors (Lipinski definition) is 1. The first-order chi connectivity index (χ1) is 17.7. The average Bonchev–Trinajstić information content (AvgIpc) is 3.43. The first kappa shape index (κ1) is 25.7. The summed E-state index contributed by atoms with van der Waals surface area (Å²) in [7, 11) is 1.20. The zero-order chi connectivity index (χ0) is 26.7. The van der Waals surface area contributed by atoms with E-state index in [-0.39, 0.29) is 51.9 Å². The highest BCUT2D eigenvalue weighted by Crippen LogP contribution is 2.35. The number of amides is 3. The Balaban J connectivity index is 1.45. The van der Waals surface area contributed by atoms with Crippen LogP contribution < -0.4 is 10.1 Å². The number of nitro benzene ring substituents is 1. The minimum Gasteiger partial charge on any atom is -0.486 e. The lowest BCUT2D eigenvalue weighted by atomic mass is 10.1. The number of carbonyl (C=O) groups is 3. The molecule has 1 saturated heterocycles. The molecule has 1 aliphatic rings. The predicted molar refractivity (Wildman–Crippen MR) is 131 cm³/mol. The first-order valence-corrected chi connectivity index (χ1v) is 11.3. The van der Waals surface area contributed by atoms with E-state index in [4.69, 9.17) is 32.4 Å². The highest BCUT2D eigenvalue weighted by molar-refractivity contribution is 6.37. The van der Waals surface area contributed by atoms with Gasteiger partial charge in [-0.05, 0) is 53.6 Å². The number of methoxy groups -OCH3 is 1. The molecule has 3 aromatic rings. The lowest BCUT2D eigenvalue weighted by Gasteiger charge is -2.11. The molecule has 0 spiro atoms. The number of urea groups is 1. The molecular formula is C24H17Cl2N3O8. The van der Waals surface area contributed by atoms with Gasteiger partial charge < -0.3 is 19.2 Å². The fourth-order valence-corrected chi connectivity index (χ4v) is 3.99. The molecule has 1 aromatic heterocycles. The zero-order valence-electron chi connectivity index (χ0n) is 19.0. The predicted octanol–water partition coefficient (Wildman–Crippen LogP) is 4.95. The Morgan fingerprint density at radius 1 is 1.14 bits per heavy atom. The fourth-order valence-electron chi connectivity index (χ4n) is 3.38. The van der Waals surface area contributed by atoms with E-state index in [2.05, 4.69) is 10.1 Å². The Bertz CT molecular complexity index is 1410. The Hall–Kier alpha value is -4.35. The zero-order valence-corrected chi connectivity index (χ0v) is 20.5. The second kappa shape index (κ2) is 10.7. The van der Waals surface area contributed by atoms with Gasteiger partial charge in [-0.1, -0.05) is 23.2 Å². The van der Waals surface area contributed by atoms with Crippen LogP contribution in [0.1, 0.15) is 27.4 Å². The Kier molecular flexibility index (Phi) is 7.46. The second-order valence-corrected chi connectivity index (χ2v) is 8.48. The van der Waals surface area contributed by atoms with Crippen molar-refractivity contribution in [3.05, 3.63) is 97.0 Å². The molecule has 11 nitrogen and oxygen atoms in total. The molecule has 2 heterocycles. The van der Waals surface area contributed by atoms with Crippen LogP contribution in [0, 0.1) is 10.1 Å². The summed E-state index contributed by atoms with van der Waals surface area (Å²) >= 11 is 12.7. The minimum atomic E-state index is -0.682. The van der Waals surface area contributed by atoms with E-state index in [9.17, 15) is 24.5 Å². The van der Waals surface area contributed by atoms with Crippen LogP contribution in [0.3, 0.4) is 0 Å². The molecule has 0 unspecified atom stereocenters. The van der Waals surface area contributed by atoms with Crippen LogP contribution in [0.15, 0.2) is 58.6 Å². The van der Waals surface area contributed by atoms with E-state index in [0.717, 1.165) is 4.90 Å². The number of furan rings is 1. The van der Waals surface area contributed by atoms with Crippen LogP contribution in [-0.4, -0.2) is 34.8 Å². The number of benzene rings is 2. The lowest BCUT2D eigenvalue weighted by Crippen LogP contribution is -2.30. The van der Waals surface area contributed by atoms with Crippen molar-refractivity contribution < 1.29 is 33.2 Å². The minimum absolute atomic E-state index is 0.0172. The third-order valence-electron chi connectivity index (χ3n) is 5.19. The third-order valence-corrected chi connectivity index (χ3v) is 5.75. The molecule has 1 fully saturated rings. The molecule has 0 saturated carbocycles. The van der Waals surface area contributed by atoms with Crippen molar-refractivity contribution in [2.75, 3.05) is 7.11 Å². The van der Waals surface area contributed by atoms with Gasteiger partial charge in [0.15, 0.2) is 5.75 Å². The van der Waals surface area contributed by atoms with E-state index < -0.39 is 22.8 Å². The van der Waals surface area contributed by atoms with E-state index >= 15 is 0 Å². The summed E-state index contributed by atoms with van der Waals surface area (Å²) in [4.78, 5) is 47.9. The number of hydrogen-bond acceptors (Lipinski definition) is 8. The van der Waals surface area contributed by atoms with Gasteiger partial charge in [-0.15, -0.1) is 0 Å². The van der Waals surface area contributed by atoms with Gasteiger partial charge in [0.25, 0.3) is 11.6 Å². The van der Waals surface area contributed by atoms with Crippen molar-refractivity contribution >= 4 is 52.9 Å². The summed E-state index contributed by atoms with van der Waals surface area (Å²) < 4.78 is 15.6. The lowest BCUT2D eigenvalue weighted by molar-refractivity contribution is -0.384. The number of carbonyl (C=O) groups excluding carboxylic acids is 3. The van der Waals surface area contributed by atoms with Crippen LogP contribution in [0.2, 0.25) is 10.0 Å². The summed E-state index contributed by atoms with van der Waals surface area (Å²) in [6.07, 6.45) is 1.40. The maximum Gasteiger partial charge on any atom is 0.373 e. The normalized spacial score (nSPS) is 14.1. The van der Waals surface area contributed by atoms with Gasteiger partial charge in [0.05, 0.1) is 28.6 Å². The molecule has 2 aromatic carbocycles. The number of ether oxygens (including phenoxy) is 2. The van der Waals surface area contributed by atoms with Crippen LogP contribution in [-0.2, 0) is 22.7 Å². The van der Waals surface area contributed by atoms with Crippen LogP contribution in [0.4, 0.5) is 10.5 Å². The van der Waals surface area contributed by atoms with Gasteiger partial charge in [0.1, 0.15) is 18.1 Å².